The first-order chi connectivity index (χ1) is 6.68. The van der Waals surface area contributed by atoms with E-state index in [0.717, 1.165) is 19.4 Å². The average molecular weight is 264 g/mol. The molecular weight excluding hydrogens is 243 g/mol. The summed E-state index contributed by atoms with van der Waals surface area (Å²) in [7, 11) is 0. The van der Waals surface area contributed by atoms with Crippen molar-refractivity contribution < 1.29 is 13.3 Å². The summed E-state index contributed by atoms with van der Waals surface area (Å²) >= 11 is 2.10. The summed E-state index contributed by atoms with van der Waals surface area (Å²) in [5.41, 5.74) is 0. The van der Waals surface area contributed by atoms with Gasteiger partial charge < -0.3 is 4.74 Å². The van der Waals surface area contributed by atoms with Crippen molar-refractivity contribution in [1.82, 2.24) is 0 Å². The third-order valence-electron chi connectivity index (χ3n) is 1.39. The molecule has 0 N–H and O–H groups in total. The van der Waals surface area contributed by atoms with E-state index < -0.39 is 0 Å². The van der Waals surface area contributed by atoms with Gasteiger partial charge in [-0.1, -0.05) is 13.3 Å². The molecule has 0 aromatic carbocycles. The quantitative estimate of drug-likeness (QED) is 0.419. The molecule has 3 nitrogen and oxygen atoms in total. The third-order valence-corrected chi connectivity index (χ3v) is 1.78. The summed E-state index contributed by atoms with van der Waals surface area (Å²) < 4.78 is 9.36. The molecule has 0 bridgehead atoms. The summed E-state index contributed by atoms with van der Waals surface area (Å²) in [5, 5.41) is 0. The van der Waals surface area contributed by atoms with Crippen molar-refractivity contribution >= 4 is 23.2 Å². The van der Waals surface area contributed by atoms with Gasteiger partial charge in [-0.2, -0.15) is 0 Å². The monoisotopic (exact) mass is 264 g/mol. The molecule has 2 radical (unpaired) electrons. The number of hydrogen-bond acceptors (Lipinski definition) is 3. The van der Waals surface area contributed by atoms with Crippen LogP contribution in [0.4, 0.5) is 0 Å². The minimum absolute atomic E-state index is 0.182. The van der Waals surface area contributed by atoms with E-state index in [1.165, 1.54) is 19.8 Å². The van der Waals surface area contributed by atoms with Crippen molar-refractivity contribution in [1.29, 1.82) is 0 Å². The molecule has 84 valence electrons. The molecule has 0 aliphatic rings. The van der Waals surface area contributed by atoms with E-state index in [-0.39, 0.29) is 5.97 Å². The van der Waals surface area contributed by atoms with Crippen LogP contribution in [-0.2, 0) is 13.3 Å². The molecule has 0 heterocycles. The predicted octanol–water partition coefficient (Wildman–Crippen LogP) is 2.24. The number of unbranched alkanes of at least 4 members (excludes halogenated alkanes) is 2. The van der Waals surface area contributed by atoms with Crippen molar-refractivity contribution in [3.05, 3.63) is 0 Å². The molecule has 0 aliphatic heterocycles. The molecule has 0 amide bonds. The topological polar surface area (TPSA) is 35.5 Å². The van der Waals surface area contributed by atoms with Crippen LogP contribution in [0.15, 0.2) is 0 Å². The predicted molar refractivity (Wildman–Crippen MR) is 58.2 cm³/mol. The Morgan fingerprint density at radius 2 is 1.64 bits per heavy atom. The summed E-state index contributed by atoms with van der Waals surface area (Å²) in [6.07, 6.45) is 4.44. The second-order valence-electron chi connectivity index (χ2n) is 2.88. The van der Waals surface area contributed by atoms with E-state index in [1.54, 1.807) is 0 Å². The molecule has 4 heteroatoms. The Morgan fingerprint density at radius 1 is 1.14 bits per heavy atom. The van der Waals surface area contributed by atoms with Gasteiger partial charge in [-0.3, -0.25) is 4.79 Å². The molecule has 0 atom stereocenters. The SMILES string of the molecule is CCCCOC(C)=O.CCCCO[As]. The molecule has 0 rings (SSSR count). The van der Waals surface area contributed by atoms with E-state index in [4.69, 9.17) is 3.73 Å². The zero-order valence-electron chi connectivity index (χ0n) is 9.41. The normalized spacial score (nSPS) is 8.86. The molecular formula is C10H21AsO3. The zero-order valence-corrected chi connectivity index (χ0v) is 11.3. The Kier molecular flexibility index (Phi) is 18.1. The summed E-state index contributed by atoms with van der Waals surface area (Å²) in [4.78, 5) is 10.1. The fourth-order valence-electron chi connectivity index (χ4n) is 0.569. The second-order valence-corrected chi connectivity index (χ2v) is 3.42. The van der Waals surface area contributed by atoms with Gasteiger partial charge in [0, 0.05) is 6.92 Å². The Morgan fingerprint density at radius 3 is 1.93 bits per heavy atom. The first-order valence-electron chi connectivity index (χ1n) is 5.08. The van der Waals surface area contributed by atoms with Gasteiger partial charge in [0.05, 0.1) is 6.61 Å². The number of carbonyl (C=O) groups excluding carboxylic acids is 1. The molecule has 0 aliphatic carbocycles. The van der Waals surface area contributed by atoms with E-state index >= 15 is 0 Å². The van der Waals surface area contributed by atoms with Gasteiger partial charge in [-0.15, -0.1) is 0 Å². The first-order valence-corrected chi connectivity index (χ1v) is 5.85. The van der Waals surface area contributed by atoms with Crippen LogP contribution in [0.1, 0.15) is 46.5 Å². The van der Waals surface area contributed by atoms with Crippen molar-refractivity contribution in [2.24, 2.45) is 0 Å². The fraction of sp³-hybridized carbons (Fsp3) is 0.900. The number of hydrogen-bond donors (Lipinski definition) is 0. The minimum atomic E-state index is -0.182. The Bertz CT molecular complexity index is 114. The van der Waals surface area contributed by atoms with Crippen LogP contribution in [0.25, 0.3) is 0 Å². The Labute approximate surface area is 96.4 Å². The van der Waals surface area contributed by atoms with Crippen molar-refractivity contribution in [3.8, 4) is 0 Å². The van der Waals surface area contributed by atoms with Crippen LogP contribution in [-0.4, -0.2) is 36.4 Å². The second kappa shape index (κ2) is 15.5. The van der Waals surface area contributed by atoms with Crippen molar-refractivity contribution in [3.63, 3.8) is 0 Å². The molecule has 0 aromatic rings. The average Bonchev–Trinajstić information content (AvgIpc) is 2.16. The maximum absolute atomic E-state index is 10.1. The van der Waals surface area contributed by atoms with E-state index in [1.807, 2.05) is 0 Å². The van der Waals surface area contributed by atoms with Crippen molar-refractivity contribution in [2.75, 3.05) is 13.2 Å². The van der Waals surface area contributed by atoms with E-state index in [0.29, 0.717) is 6.61 Å². The van der Waals surface area contributed by atoms with Gasteiger partial charge in [0.1, 0.15) is 0 Å². The molecule has 0 fully saturated rings. The van der Waals surface area contributed by atoms with Gasteiger partial charge in [0.15, 0.2) is 0 Å². The zero-order chi connectivity index (χ0) is 11.2. The van der Waals surface area contributed by atoms with Crippen LogP contribution in [0.2, 0.25) is 0 Å². The molecule has 0 saturated carbocycles. The van der Waals surface area contributed by atoms with Crippen LogP contribution >= 0.6 is 0 Å². The Balaban J connectivity index is 0. The van der Waals surface area contributed by atoms with Crippen LogP contribution in [0.5, 0.6) is 0 Å². The number of ether oxygens (including phenoxy) is 1. The van der Waals surface area contributed by atoms with Crippen LogP contribution in [0.3, 0.4) is 0 Å². The third kappa shape index (κ3) is 22.7. The van der Waals surface area contributed by atoms with Gasteiger partial charge >= 0.3 is 53.3 Å². The first kappa shape index (κ1) is 16.4. The van der Waals surface area contributed by atoms with Crippen LogP contribution in [0, 0.1) is 0 Å². The summed E-state index contributed by atoms with van der Waals surface area (Å²) in [5.74, 6) is -0.182. The number of rotatable bonds is 6. The standard InChI is InChI=1S/C6H12O2.C4H9AsO/c1-3-4-5-8-6(2)7;1-2-3-4-6-5/h3-5H2,1-2H3;2-4H2,1H3. The number of esters is 1. The molecule has 0 unspecified atom stereocenters. The van der Waals surface area contributed by atoms with Gasteiger partial charge in [-0.25, -0.2) is 0 Å². The van der Waals surface area contributed by atoms with Crippen molar-refractivity contribution in [2.45, 2.75) is 46.5 Å². The molecule has 14 heavy (non-hydrogen) atoms. The Hall–Kier alpha value is -0.0116. The molecule has 0 aromatic heterocycles. The van der Waals surface area contributed by atoms with Gasteiger partial charge in [0.25, 0.3) is 0 Å². The summed E-state index contributed by atoms with van der Waals surface area (Å²) in [6, 6.07) is 0. The number of carbonyl (C=O) groups is 1. The fourth-order valence-corrected chi connectivity index (χ4v) is 0.840. The van der Waals surface area contributed by atoms with Gasteiger partial charge in [0.2, 0.25) is 0 Å². The van der Waals surface area contributed by atoms with E-state index in [2.05, 4.69) is 35.8 Å². The maximum atomic E-state index is 10.1. The molecule has 0 saturated heterocycles. The molecule has 0 spiro atoms. The van der Waals surface area contributed by atoms with E-state index in [9.17, 15) is 4.79 Å². The summed E-state index contributed by atoms with van der Waals surface area (Å²) in [6.45, 7) is 7.09. The van der Waals surface area contributed by atoms with Gasteiger partial charge in [-0.05, 0) is 6.42 Å². The van der Waals surface area contributed by atoms with Crippen LogP contribution < -0.4 is 0 Å².